The number of nitrogens with one attached hydrogen (secondary N) is 1. The molecule has 0 saturated heterocycles. The molecular weight excluding hydrogens is 246 g/mol. The second kappa shape index (κ2) is 5.52. The van der Waals surface area contributed by atoms with E-state index in [0.717, 1.165) is 16.9 Å². The summed E-state index contributed by atoms with van der Waals surface area (Å²) in [4.78, 5) is 4.22. The standard InChI is InChI=1S/C14H12ClN3/c1-10-5-6-11(8-17-10)9-18-14-4-2-3-13(15)12(14)7-16/h2-6,8,18H,9H2,1H3. The fourth-order valence-electron chi connectivity index (χ4n) is 1.59. The molecule has 2 rings (SSSR count). The molecule has 3 nitrogen and oxygen atoms in total. The molecule has 2 aromatic rings. The van der Waals surface area contributed by atoms with Crippen LogP contribution in [0.4, 0.5) is 5.69 Å². The van der Waals surface area contributed by atoms with Crippen LogP contribution in [0.15, 0.2) is 36.5 Å². The topological polar surface area (TPSA) is 48.7 Å². The molecule has 0 aliphatic rings. The van der Waals surface area contributed by atoms with Crippen molar-refractivity contribution in [2.45, 2.75) is 13.5 Å². The van der Waals surface area contributed by atoms with Gasteiger partial charge < -0.3 is 5.32 Å². The van der Waals surface area contributed by atoms with Crippen LogP contribution in [0.2, 0.25) is 5.02 Å². The number of nitriles is 1. The molecule has 0 amide bonds. The molecule has 0 aliphatic carbocycles. The smallest absolute Gasteiger partial charge is 0.103 e. The Kier molecular flexibility index (Phi) is 3.81. The first kappa shape index (κ1) is 12.4. The molecule has 1 aromatic carbocycles. The summed E-state index contributed by atoms with van der Waals surface area (Å²) >= 11 is 5.96. The summed E-state index contributed by atoms with van der Waals surface area (Å²) in [7, 11) is 0. The van der Waals surface area contributed by atoms with E-state index in [1.807, 2.05) is 37.4 Å². The van der Waals surface area contributed by atoms with Crippen molar-refractivity contribution in [2.24, 2.45) is 0 Å². The Labute approximate surface area is 111 Å². The third-order valence-electron chi connectivity index (χ3n) is 2.58. The van der Waals surface area contributed by atoms with Gasteiger partial charge in [-0.15, -0.1) is 0 Å². The second-order valence-electron chi connectivity index (χ2n) is 3.94. The van der Waals surface area contributed by atoms with Gasteiger partial charge in [-0.25, -0.2) is 0 Å². The summed E-state index contributed by atoms with van der Waals surface area (Å²) in [6, 6.07) is 11.4. The predicted molar refractivity (Wildman–Crippen MR) is 72.5 cm³/mol. The molecule has 0 bridgehead atoms. The third kappa shape index (κ3) is 2.79. The highest BCUT2D eigenvalue weighted by Gasteiger charge is 2.05. The largest absolute Gasteiger partial charge is 0.380 e. The summed E-state index contributed by atoms with van der Waals surface area (Å²) in [6.07, 6.45) is 1.82. The molecule has 0 atom stereocenters. The fourth-order valence-corrected chi connectivity index (χ4v) is 1.80. The van der Waals surface area contributed by atoms with Crippen LogP contribution in [0.1, 0.15) is 16.8 Å². The van der Waals surface area contributed by atoms with Crippen LogP contribution in [-0.4, -0.2) is 4.98 Å². The van der Waals surface area contributed by atoms with Crippen molar-refractivity contribution in [1.82, 2.24) is 4.98 Å². The van der Waals surface area contributed by atoms with Crippen molar-refractivity contribution in [3.05, 3.63) is 58.4 Å². The van der Waals surface area contributed by atoms with Crippen molar-refractivity contribution >= 4 is 17.3 Å². The van der Waals surface area contributed by atoms with Gasteiger partial charge in [-0.2, -0.15) is 5.26 Å². The molecule has 0 radical (unpaired) electrons. The van der Waals surface area contributed by atoms with Gasteiger partial charge in [0.15, 0.2) is 0 Å². The molecule has 1 heterocycles. The van der Waals surface area contributed by atoms with Crippen LogP contribution >= 0.6 is 11.6 Å². The van der Waals surface area contributed by atoms with Gasteiger partial charge in [0.05, 0.1) is 16.3 Å². The molecule has 0 spiro atoms. The summed E-state index contributed by atoms with van der Waals surface area (Å²) in [5.74, 6) is 0. The van der Waals surface area contributed by atoms with Crippen LogP contribution in [0, 0.1) is 18.3 Å². The van der Waals surface area contributed by atoms with E-state index >= 15 is 0 Å². The van der Waals surface area contributed by atoms with Crippen LogP contribution in [-0.2, 0) is 6.54 Å². The predicted octanol–water partition coefficient (Wildman–Crippen LogP) is 3.53. The number of aromatic nitrogens is 1. The average Bonchev–Trinajstić information content (AvgIpc) is 2.38. The minimum absolute atomic E-state index is 0.463. The number of rotatable bonds is 3. The van der Waals surface area contributed by atoms with E-state index in [9.17, 15) is 0 Å². The Balaban J connectivity index is 2.14. The summed E-state index contributed by atoms with van der Waals surface area (Å²) in [6.45, 7) is 2.56. The average molecular weight is 258 g/mol. The lowest BCUT2D eigenvalue weighted by molar-refractivity contribution is 1.08. The molecule has 0 unspecified atom stereocenters. The lowest BCUT2D eigenvalue weighted by Gasteiger charge is -2.09. The van der Waals surface area contributed by atoms with E-state index in [1.54, 1.807) is 6.07 Å². The monoisotopic (exact) mass is 257 g/mol. The molecule has 18 heavy (non-hydrogen) atoms. The molecule has 4 heteroatoms. The van der Waals surface area contributed by atoms with Gasteiger partial charge in [0, 0.05) is 18.4 Å². The van der Waals surface area contributed by atoms with Crippen molar-refractivity contribution in [3.8, 4) is 6.07 Å². The van der Waals surface area contributed by atoms with E-state index in [1.165, 1.54) is 0 Å². The molecular formula is C14H12ClN3. The van der Waals surface area contributed by atoms with Gasteiger partial charge in [0.1, 0.15) is 6.07 Å². The van der Waals surface area contributed by atoms with Crippen molar-refractivity contribution in [2.75, 3.05) is 5.32 Å². The van der Waals surface area contributed by atoms with Gasteiger partial charge >= 0.3 is 0 Å². The molecule has 1 aromatic heterocycles. The van der Waals surface area contributed by atoms with Crippen molar-refractivity contribution in [3.63, 3.8) is 0 Å². The van der Waals surface area contributed by atoms with Crippen LogP contribution in [0.25, 0.3) is 0 Å². The van der Waals surface area contributed by atoms with E-state index < -0.39 is 0 Å². The van der Waals surface area contributed by atoms with Gasteiger partial charge in [-0.1, -0.05) is 23.7 Å². The Bertz CT molecular complexity index is 585. The maximum atomic E-state index is 9.05. The van der Waals surface area contributed by atoms with Gasteiger partial charge in [-0.3, -0.25) is 4.98 Å². The van der Waals surface area contributed by atoms with Crippen LogP contribution in [0.5, 0.6) is 0 Å². The summed E-state index contributed by atoms with van der Waals surface area (Å²) in [5, 5.41) is 12.7. The van der Waals surface area contributed by atoms with Gasteiger partial charge in [0.2, 0.25) is 0 Å². The Morgan fingerprint density at radius 1 is 1.33 bits per heavy atom. The number of hydrogen-bond acceptors (Lipinski definition) is 3. The third-order valence-corrected chi connectivity index (χ3v) is 2.90. The molecule has 0 aliphatic heterocycles. The van der Waals surface area contributed by atoms with E-state index in [0.29, 0.717) is 17.1 Å². The number of anilines is 1. The number of pyridine rings is 1. The Morgan fingerprint density at radius 2 is 2.17 bits per heavy atom. The number of hydrogen-bond donors (Lipinski definition) is 1. The number of halogens is 1. The lowest BCUT2D eigenvalue weighted by Crippen LogP contribution is -2.02. The highest BCUT2D eigenvalue weighted by atomic mass is 35.5. The van der Waals surface area contributed by atoms with Crippen molar-refractivity contribution in [1.29, 1.82) is 5.26 Å². The fraction of sp³-hybridized carbons (Fsp3) is 0.143. The Morgan fingerprint density at radius 3 is 2.83 bits per heavy atom. The normalized spacial score (nSPS) is 9.83. The van der Waals surface area contributed by atoms with E-state index in [-0.39, 0.29) is 0 Å². The summed E-state index contributed by atoms with van der Waals surface area (Å²) in [5.41, 5.74) is 3.26. The number of nitrogens with zero attached hydrogens (tertiary/aromatic N) is 2. The number of aryl methyl sites for hydroxylation is 1. The maximum Gasteiger partial charge on any atom is 0.103 e. The zero-order valence-corrected chi connectivity index (χ0v) is 10.7. The zero-order valence-electron chi connectivity index (χ0n) is 9.94. The molecule has 0 fully saturated rings. The molecule has 90 valence electrons. The van der Waals surface area contributed by atoms with E-state index in [4.69, 9.17) is 16.9 Å². The van der Waals surface area contributed by atoms with Gasteiger partial charge in [-0.05, 0) is 30.7 Å². The summed E-state index contributed by atoms with van der Waals surface area (Å²) < 4.78 is 0. The quantitative estimate of drug-likeness (QED) is 0.915. The zero-order chi connectivity index (χ0) is 13.0. The minimum atomic E-state index is 0.463. The molecule has 1 N–H and O–H groups in total. The second-order valence-corrected chi connectivity index (χ2v) is 4.34. The van der Waals surface area contributed by atoms with Crippen LogP contribution in [0.3, 0.4) is 0 Å². The van der Waals surface area contributed by atoms with Gasteiger partial charge in [0.25, 0.3) is 0 Å². The van der Waals surface area contributed by atoms with Crippen LogP contribution < -0.4 is 5.32 Å². The number of benzene rings is 1. The van der Waals surface area contributed by atoms with E-state index in [2.05, 4.69) is 16.4 Å². The first-order valence-electron chi connectivity index (χ1n) is 5.54. The lowest BCUT2D eigenvalue weighted by atomic mass is 10.2. The highest BCUT2D eigenvalue weighted by molar-refractivity contribution is 6.32. The molecule has 0 saturated carbocycles. The first-order valence-corrected chi connectivity index (χ1v) is 5.92. The van der Waals surface area contributed by atoms with Crippen molar-refractivity contribution < 1.29 is 0 Å². The SMILES string of the molecule is Cc1ccc(CNc2cccc(Cl)c2C#N)cn1. The maximum absolute atomic E-state index is 9.05. The Hall–Kier alpha value is -2.05. The first-order chi connectivity index (χ1) is 8.70. The minimum Gasteiger partial charge on any atom is -0.380 e. The highest BCUT2D eigenvalue weighted by Crippen LogP contribution is 2.23.